The molecule has 1 heterocycles. The first kappa shape index (κ1) is 18.7. The Bertz CT molecular complexity index is 914. The molecule has 0 spiro atoms. The van der Waals surface area contributed by atoms with Gasteiger partial charge in [-0.3, -0.25) is 4.79 Å². The maximum atomic E-state index is 13.5. The first-order valence-electron chi connectivity index (χ1n) is 7.88. The summed E-state index contributed by atoms with van der Waals surface area (Å²) in [5.41, 5.74) is 1.53. The van der Waals surface area contributed by atoms with E-state index < -0.39 is 23.6 Å². The average Bonchev–Trinajstić information content (AvgIpc) is 3.05. The minimum absolute atomic E-state index is 0.115. The van der Waals surface area contributed by atoms with E-state index >= 15 is 0 Å². The van der Waals surface area contributed by atoms with Crippen LogP contribution in [0.5, 0.6) is 0 Å². The molecule has 1 unspecified atom stereocenters. The predicted molar refractivity (Wildman–Crippen MR) is 101 cm³/mol. The van der Waals surface area contributed by atoms with Crippen molar-refractivity contribution in [2.24, 2.45) is 0 Å². The zero-order valence-electron chi connectivity index (χ0n) is 13.9. The second kappa shape index (κ2) is 8.05. The number of carbonyl (C=O) groups is 1. The standard InChI is InChI=1S/C18H16ClF2N3OS/c1-26-7-6-16(17-22-14-4-2-3-5-15(14)23-17)24-18(25)10-8-12(20)13(21)9-11(10)19/h2-5,8-9,16H,6-7H2,1H3,(H,22,23)(H,24,25). The summed E-state index contributed by atoms with van der Waals surface area (Å²) >= 11 is 7.53. The number of H-pyrrole nitrogens is 1. The molecule has 0 bridgehead atoms. The van der Waals surface area contributed by atoms with Crippen LogP contribution in [0.15, 0.2) is 36.4 Å². The number of halogens is 3. The van der Waals surface area contributed by atoms with Crippen LogP contribution in [-0.2, 0) is 0 Å². The van der Waals surface area contributed by atoms with Gasteiger partial charge in [0.2, 0.25) is 0 Å². The van der Waals surface area contributed by atoms with Gasteiger partial charge in [-0.2, -0.15) is 11.8 Å². The number of hydrogen-bond donors (Lipinski definition) is 2. The van der Waals surface area contributed by atoms with E-state index in [9.17, 15) is 13.6 Å². The van der Waals surface area contributed by atoms with Crippen molar-refractivity contribution < 1.29 is 13.6 Å². The lowest BCUT2D eigenvalue weighted by molar-refractivity contribution is 0.0934. The Morgan fingerprint density at radius 2 is 2.04 bits per heavy atom. The molecule has 1 atom stereocenters. The molecular formula is C18H16ClF2N3OS. The molecule has 0 saturated carbocycles. The lowest BCUT2D eigenvalue weighted by atomic mass is 10.1. The molecular weight excluding hydrogens is 380 g/mol. The highest BCUT2D eigenvalue weighted by Gasteiger charge is 2.21. The van der Waals surface area contributed by atoms with Crippen LogP contribution >= 0.6 is 23.4 Å². The van der Waals surface area contributed by atoms with E-state index in [-0.39, 0.29) is 10.6 Å². The summed E-state index contributed by atoms with van der Waals surface area (Å²) in [7, 11) is 0. The summed E-state index contributed by atoms with van der Waals surface area (Å²) < 4.78 is 26.7. The maximum absolute atomic E-state index is 13.5. The zero-order chi connectivity index (χ0) is 18.7. The normalized spacial score (nSPS) is 12.3. The van der Waals surface area contributed by atoms with Gasteiger partial charge in [-0.05, 0) is 42.7 Å². The molecule has 0 saturated heterocycles. The molecule has 1 aromatic heterocycles. The number of nitrogens with zero attached hydrogens (tertiary/aromatic N) is 1. The van der Waals surface area contributed by atoms with Gasteiger partial charge in [-0.1, -0.05) is 23.7 Å². The Morgan fingerprint density at radius 3 is 2.77 bits per heavy atom. The van der Waals surface area contributed by atoms with E-state index in [1.807, 2.05) is 30.5 Å². The van der Waals surface area contributed by atoms with Crippen LogP contribution in [0.25, 0.3) is 11.0 Å². The predicted octanol–water partition coefficient (Wildman–Crippen LogP) is 4.72. The second-order valence-electron chi connectivity index (χ2n) is 5.69. The summed E-state index contributed by atoms with van der Waals surface area (Å²) in [6.45, 7) is 0. The highest BCUT2D eigenvalue weighted by Crippen LogP contribution is 2.23. The number of aromatic amines is 1. The number of benzene rings is 2. The Hall–Kier alpha value is -2.12. The second-order valence-corrected chi connectivity index (χ2v) is 7.09. The molecule has 3 rings (SSSR count). The van der Waals surface area contributed by atoms with E-state index in [0.29, 0.717) is 12.2 Å². The quantitative estimate of drug-likeness (QED) is 0.594. The van der Waals surface area contributed by atoms with Crippen molar-refractivity contribution in [1.29, 1.82) is 0 Å². The Kier molecular flexibility index (Phi) is 5.78. The number of para-hydroxylation sites is 2. The van der Waals surface area contributed by atoms with Crippen molar-refractivity contribution in [3.63, 3.8) is 0 Å². The summed E-state index contributed by atoms with van der Waals surface area (Å²) in [5.74, 6) is -1.41. The van der Waals surface area contributed by atoms with Gasteiger partial charge in [-0.15, -0.1) is 0 Å². The van der Waals surface area contributed by atoms with E-state index in [1.165, 1.54) is 0 Å². The van der Waals surface area contributed by atoms with Gasteiger partial charge >= 0.3 is 0 Å². The topological polar surface area (TPSA) is 57.8 Å². The molecule has 0 fully saturated rings. The highest BCUT2D eigenvalue weighted by molar-refractivity contribution is 7.98. The fourth-order valence-electron chi connectivity index (χ4n) is 2.58. The summed E-state index contributed by atoms with van der Waals surface area (Å²) in [6, 6.07) is 8.72. The monoisotopic (exact) mass is 395 g/mol. The Morgan fingerprint density at radius 1 is 1.31 bits per heavy atom. The van der Waals surface area contributed by atoms with Crippen LogP contribution in [0, 0.1) is 11.6 Å². The smallest absolute Gasteiger partial charge is 0.253 e. The number of fused-ring (bicyclic) bond motifs is 1. The van der Waals surface area contributed by atoms with Crippen LogP contribution in [0.3, 0.4) is 0 Å². The van der Waals surface area contributed by atoms with E-state index in [2.05, 4.69) is 15.3 Å². The maximum Gasteiger partial charge on any atom is 0.253 e. The number of imidazole rings is 1. The lowest BCUT2D eigenvalue weighted by Gasteiger charge is -2.17. The van der Waals surface area contributed by atoms with Crippen LogP contribution in [0.1, 0.15) is 28.6 Å². The largest absolute Gasteiger partial charge is 0.342 e. The van der Waals surface area contributed by atoms with Gasteiger partial charge in [0.25, 0.3) is 5.91 Å². The van der Waals surface area contributed by atoms with Gasteiger partial charge in [0.15, 0.2) is 11.6 Å². The van der Waals surface area contributed by atoms with Crippen molar-refractivity contribution in [3.05, 3.63) is 64.4 Å². The molecule has 4 nitrogen and oxygen atoms in total. The summed E-state index contributed by atoms with van der Waals surface area (Å²) in [4.78, 5) is 20.3. The molecule has 0 aliphatic heterocycles. The average molecular weight is 396 g/mol. The van der Waals surface area contributed by atoms with Gasteiger partial charge < -0.3 is 10.3 Å². The zero-order valence-corrected chi connectivity index (χ0v) is 15.4. The number of carbonyl (C=O) groups excluding carboxylic acids is 1. The first-order valence-corrected chi connectivity index (χ1v) is 9.65. The van der Waals surface area contributed by atoms with Gasteiger partial charge in [0, 0.05) is 0 Å². The van der Waals surface area contributed by atoms with Crippen molar-refractivity contribution in [1.82, 2.24) is 15.3 Å². The SMILES string of the molecule is CSCCC(NC(=O)c1cc(F)c(F)cc1Cl)c1nc2ccccc2[nH]1. The molecule has 0 radical (unpaired) electrons. The number of aromatic nitrogens is 2. The van der Waals surface area contributed by atoms with Crippen LogP contribution in [0.4, 0.5) is 8.78 Å². The molecule has 2 aromatic carbocycles. The molecule has 1 amide bonds. The highest BCUT2D eigenvalue weighted by atomic mass is 35.5. The van der Waals surface area contributed by atoms with Crippen molar-refractivity contribution in [3.8, 4) is 0 Å². The van der Waals surface area contributed by atoms with E-state index in [0.717, 1.165) is 28.9 Å². The number of rotatable bonds is 6. The molecule has 0 aliphatic rings. The third-order valence-electron chi connectivity index (χ3n) is 3.91. The Balaban J connectivity index is 1.88. The number of amides is 1. The molecule has 3 aromatic rings. The molecule has 8 heteroatoms. The van der Waals surface area contributed by atoms with Crippen LogP contribution in [-0.4, -0.2) is 27.9 Å². The van der Waals surface area contributed by atoms with Crippen LogP contribution < -0.4 is 5.32 Å². The minimum Gasteiger partial charge on any atom is -0.342 e. The molecule has 136 valence electrons. The van der Waals surface area contributed by atoms with E-state index in [4.69, 9.17) is 11.6 Å². The number of thioether (sulfide) groups is 1. The number of hydrogen-bond acceptors (Lipinski definition) is 3. The lowest BCUT2D eigenvalue weighted by Crippen LogP contribution is -2.30. The van der Waals surface area contributed by atoms with Crippen molar-refractivity contribution >= 4 is 40.3 Å². The molecule has 26 heavy (non-hydrogen) atoms. The number of nitrogens with one attached hydrogen (secondary N) is 2. The molecule has 2 N–H and O–H groups in total. The third-order valence-corrected chi connectivity index (χ3v) is 4.86. The molecule has 0 aliphatic carbocycles. The summed E-state index contributed by atoms with van der Waals surface area (Å²) in [5, 5.41) is 2.67. The van der Waals surface area contributed by atoms with Crippen LogP contribution in [0.2, 0.25) is 5.02 Å². The van der Waals surface area contributed by atoms with Crippen molar-refractivity contribution in [2.45, 2.75) is 12.5 Å². The fourth-order valence-corrected chi connectivity index (χ4v) is 3.29. The van der Waals surface area contributed by atoms with Crippen molar-refractivity contribution in [2.75, 3.05) is 12.0 Å². The van der Waals surface area contributed by atoms with Gasteiger partial charge in [-0.25, -0.2) is 13.8 Å². The third kappa shape index (κ3) is 3.99. The first-order chi connectivity index (χ1) is 12.5. The fraction of sp³-hybridized carbons (Fsp3) is 0.222. The van der Waals surface area contributed by atoms with E-state index in [1.54, 1.807) is 11.8 Å². The van der Waals surface area contributed by atoms with Gasteiger partial charge in [0.1, 0.15) is 5.82 Å². The minimum atomic E-state index is -1.12. The Labute approximate surface area is 158 Å². The van der Waals surface area contributed by atoms with Gasteiger partial charge in [0.05, 0.1) is 27.7 Å². The summed E-state index contributed by atoms with van der Waals surface area (Å²) in [6.07, 6.45) is 2.58.